The highest BCUT2D eigenvalue weighted by Gasteiger charge is 2.69. The van der Waals surface area contributed by atoms with Crippen LogP contribution < -0.4 is 9.47 Å². The Hall–Kier alpha value is -2.29. The van der Waals surface area contributed by atoms with Gasteiger partial charge in [-0.1, -0.05) is 71.9 Å². The first kappa shape index (κ1) is 31.0. The van der Waals surface area contributed by atoms with Gasteiger partial charge in [-0.3, -0.25) is 4.79 Å². The zero-order valence-corrected chi connectivity index (χ0v) is 30.2. The monoisotopic (exact) mass is 622 g/mol. The molecule has 4 fully saturated rings. The van der Waals surface area contributed by atoms with Crippen molar-refractivity contribution >= 4 is 11.9 Å². The van der Waals surface area contributed by atoms with E-state index in [1.165, 1.54) is 47.1 Å². The lowest BCUT2D eigenvalue weighted by Crippen LogP contribution is -2.65. The minimum Gasteiger partial charge on any atom is -0.478 e. The topological polar surface area (TPSA) is 35.5 Å². The first-order valence-corrected chi connectivity index (χ1v) is 18.6. The third-order valence-corrected chi connectivity index (χ3v) is 16.6. The number of rotatable bonds is 1. The van der Waals surface area contributed by atoms with Gasteiger partial charge in [-0.25, -0.2) is 0 Å². The van der Waals surface area contributed by atoms with E-state index in [1.807, 2.05) is 0 Å². The summed E-state index contributed by atoms with van der Waals surface area (Å²) in [6.07, 6.45) is 18.2. The van der Waals surface area contributed by atoms with Gasteiger partial charge in [0, 0.05) is 42.1 Å². The summed E-state index contributed by atoms with van der Waals surface area (Å²) in [5.41, 5.74) is 6.40. The van der Waals surface area contributed by atoms with E-state index in [2.05, 4.69) is 93.2 Å². The fourth-order valence-electron chi connectivity index (χ4n) is 13.2. The minimum absolute atomic E-state index is 0.0293. The highest BCUT2D eigenvalue weighted by molar-refractivity contribution is 5.82. The van der Waals surface area contributed by atoms with Gasteiger partial charge in [0.15, 0.2) is 22.7 Å². The second-order valence-electron chi connectivity index (χ2n) is 18.6. The van der Waals surface area contributed by atoms with Crippen LogP contribution in [0.5, 0.6) is 11.5 Å². The largest absolute Gasteiger partial charge is 0.478 e. The van der Waals surface area contributed by atoms with Crippen molar-refractivity contribution in [2.75, 3.05) is 0 Å². The molecule has 0 spiro atoms. The highest BCUT2D eigenvalue weighted by atomic mass is 16.6. The Balaban J connectivity index is 1.23. The SMILES string of the molecule is C=C(C)C1CCC(C)C23CC=C(C)C2(C1)Oc1c(cc2c(c1C)C=CC1C2(C)CCC2(C)C4CC(C)C(=O)CC4(C)CCC12C)O3. The van der Waals surface area contributed by atoms with Gasteiger partial charge in [-0.15, -0.1) is 0 Å². The second kappa shape index (κ2) is 9.44. The molecular formula is C43H58O3. The van der Waals surface area contributed by atoms with Gasteiger partial charge < -0.3 is 9.47 Å². The van der Waals surface area contributed by atoms with E-state index in [-0.39, 0.29) is 33.2 Å². The van der Waals surface area contributed by atoms with Crippen molar-refractivity contribution in [3.05, 3.63) is 52.6 Å². The van der Waals surface area contributed by atoms with Crippen molar-refractivity contribution in [2.45, 2.75) is 143 Å². The molecule has 6 aliphatic carbocycles. The molecule has 1 aromatic carbocycles. The van der Waals surface area contributed by atoms with Crippen LogP contribution in [0.25, 0.3) is 6.08 Å². The zero-order chi connectivity index (χ0) is 32.8. The van der Waals surface area contributed by atoms with Gasteiger partial charge in [0.2, 0.25) is 0 Å². The van der Waals surface area contributed by atoms with Crippen LogP contribution in [-0.4, -0.2) is 17.0 Å². The number of Topliss-reactive ketones (excluding diaryl/α,β-unsaturated/α-hetero) is 1. The Morgan fingerprint density at radius 2 is 1.72 bits per heavy atom. The molecule has 0 bridgehead atoms. The van der Waals surface area contributed by atoms with Gasteiger partial charge in [-0.05, 0) is 122 Å². The molecule has 1 aromatic rings. The highest BCUT2D eigenvalue weighted by Crippen LogP contribution is 2.74. The average molecular weight is 623 g/mol. The predicted octanol–water partition coefficient (Wildman–Crippen LogP) is 10.7. The molecule has 4 saturated carbocycles. The number of allylic oxidation sites excluding steroid dienone is 2. The second-order valence-corrected chi connectivity index (χ2v) is 18.6. The van der Waals surface area contributed by atoms with Crippen LogP contribution in [0.4, 0.5) is 0 Å². The first-order valence-electron chi connectivity index (χ1n) is 18.6. The fraction of sp³-hybridized carbons (Fsp3) is 0.698. The molecule has 1 aliphatic heterocycles. The van der Waals surface area contributed by atoms with Crippen molar-refractivity contribution in [2.24, 2.45) is 45.8 Å². The normalized spacial score (nSPS) is 48.5. The molecule has 46 heavy (non-hydrogen) atoms. The Morgan fingerprint density at radius 1 is 0.978 bits per heavy atom. The van der Waals surface area contributed by atoms with E-state index in [1.54, 1.807) is 0 Å². The van der Waals surface area contributed by atoms with E-state index in [4.69, 9.17) is 9.47 Å². The van der Waals surface area contributed by atoms with Gasteiger partial charge >= 0.3 is 0 Å². The lowest BCUT2D eigenvalue weighted by molar-refractivity contribution is -0.191. The molecule has 0 saturated heterocycles. The Bertz CT molecular complexity index is 1610. The van der Waals surface area contributed by atoms with Crippen LogP contribution in [-0.2, 0) is 10.2 Å². The van der Waals surface area contributed by atoms with Gasteiger partial charge in [0.25, 0.3) is 0 Å². The van der Waals surface area contributed by atoms with E-state index in [0.29, 0.717) is 29.5 Å². The van der Waals surface area contributed by atoms with Crippen molar-refractivity contribution in [3.8, 4) is 11.5 Å². The molecule has 0 aromatic heterocycles. The summed E-state index contributed by atoms with van der Waals surface area (Å²) < 4.78 is 15.0. The zero-order valence-electron chi connectivity index (χ0n) is 30.2. The van der Waals surface area contributed by atoms with Gasteiger partial charge in [0.1, 0.15) is 5.78 Å². The number of hydrogen-bond acceptors (Lipinski definition) is 3. The molecule has 1 heterocycles. The molecular weight excluding hydrogens is 564 g/mol. The lowest BCUT2D eigenvalue weighted by Gasteiger charge is -2.70. The van der Waals surface area contributed by atoms with Crippen LogP contribution in [0.1, 0.15) is 136 Å². The summed E-state index contributed by atoms with van der Waals surface area (Å²) in [4.78, 5) is 13.0. The maximum atomic E-state index is 13.0. The van der Waals surface area contributed by atoms with Gasteiger partial charge in [0.05, 0.1) is 0 Å². The summed E-state index contributed by atoms with van der Waals surface area (Å²) in [7, 11) is 0. The lowest BCUT2D eigenvalue weighted by atomic mass is 9.34. The number of fused-ring (bicyclic) bond motifs is 8. The summed E-state index contributed by atoms with van der Waals surface area (Å²) in [6.45, 7) is 26.0. The summed E-state index contributed by atoms with van der Waals surface area (Å²) in [5.74, 6) is 4.49. The van der Waals surface area contributed by atoms with E-state index >= 15 is 0 Å². The molecule has 3 nitrogen and oxygen atoms in total. The fourth-order valence-corrected chi connectivity index (χ4v) is 13.2. The van der Waals surface area contributed by atoms with Crippen LogP contribution in [0.3, 0.4) is 0 Å². The molecule has 8 rings (SSSR count). The van der Waals surface area contributed by atoms with Crippen LogP contribution >= 0.6 is 0 Å². The summed E-state index contributed by atoms with van der Waals surface area (Å²) in [5, 5.41) is 0. The van der Waals surface area contributed by atoms with Crippen LogP contribution in [0, 0.1) is 52.8 Å². The Kier molecular flexibility index (Phi) is 6.36. The maximum absolute atomic E-state index is 13.0. The maximum Gasteiger partial charge on any atom is 0.170 e. The van der Waals surface area contributed by atoms with Gasteiger partial charge in [-0.2, -0.15) is 0 Å². The Morgan fingerprint density at radius 3 is 2.46 bits per heavy atom. The third-order valence-electron chi connectivity index (χ3n) is 16.6. The number of ether oxygens (including phenoxy) is 2. The van der Waals surface area contributed by atoms with Crippen LogP contribution in [0.2, 0.25) is 0 Å². The number of hydrogen-bond donors (Lipinski definition) is 0. The minimum atomic E-state index is -0.448. The number of carbonyl (C=O) groups excluding carboxylic acids is 1. The molecule has 11 atom stereocenters. The Labute approximate surface area is 278 Å². The predicted molar refractivity (Wildman–Crippen MR) is 187 cm³/mol. The molecule has 0 radical (unpaired) electrons. The standard InChI is InChI=1S/C43H58O3/c1-25(2)30-12-11-27(4)42-16-15-28(5)43(42,23-30)46-37-29(6)31-13-14-35-39(8,32(31)22-34(37)45-42)18-20-41(10)36-21-26(3)33(44)24-38(36,7)17-19-40(35,41)9/h13-15,22,26-27,30,35-36H,1,11-12,16-21,23-24H2,2-10H3. The molecule has 3 heteroatoms. The van der Waals surface area contributed by atoms with E-state index in [9.17, 15) is 4.79 Å². The third kappa shape index (κ3) is 3.54. The quantitative estimate of drug-likeness (QED) is 0.292. The smallest absolute Gasteiger partial charge is 0.170 e. The number of carbonyl (C=O) groups is 1. The van der Waals surface area contributed by atoms with Crippen molar-refractivity contribution in [3.63, 3.8) is 0 Å². The van der Waals surface area contributed by atoms with Crippen molar-refractivity contribution in [1.82, 2.24) is 0 Å². The van der Waals surface area contributed by atoms with E-state index < -0.39 is 5.60 Å². The molecule has 0 N–H and O–H groups in total. The number of ketones is 1. The summed E-state index contributed by atoms with van der Waals surface area (Å²) >= 11 is 0. The first-order chi connectivity index (χ1) is 21.6. The van der Waals surface area contributed by atoms with Crippen molar-refractivity contribution < 1.29 is 14.3 Å². The van der Waals surface area contributed by atoms with E-state index in [0.717, 1.165) is 56.4 Å². The van der Waals surface area contributed by atoms with Crippen molar-refractivity contribution in [1.29, 1.82) is 0 Å². The molecule has 0 amide bonds. The van der Waals surface area contributed by atoms with Crippen LogP contribution in [0.15, 0.2) is 35.9 Å². The number of benzene rings is 1. The molecule has 7 aliphatic rings. The average Bonchev–Trinajstić information content (AvgIpc) is 3.21. The molecule has 248 valence electrons. The summed E-state index contributed by atoms with van der Waals surface area (Å²) in [6, 6.07) is 2.44. The molecule has 11 unspecified atom stereocenters.